The summed E-state index contributed by atoms with van der Waals surface area (Å²) < 4.78 is 1.62. The molecule has 3 nitrogen and oxygen atoms in total. The molecule has 0 fully saturated rings. The Morgan fingerprint density at radius 1 is 1.50 bits per heavy atom. The summed E-state index contributed by atoms with van der Waals surface area (Å²) in [6.45, 7) is 2.18. The van der Waals surface area contributed by atoms with Gasteiger partial charge in [0.15, 0.2) is 5.78 Å². The smallest absolute Gasteiger partial charge is 0.184 e. The monoisotopic (exact) mass is 234 g/mol. The lowest BCUT2D eigenvalue weighted by Crippen LogP contribution is -2.10. The van der Waals surface area contributed by atoms with Crippen LogP contribution in [0.5, 0.6) is 0 Å². The molecule has 0 N–H and O–H groups in total. The maximum Gasteiger partial charge on any atom is 0.184 e. The van der Waals surface area contributed by atoms with Gasteiger partial charge in [-0.1, -0.05) is 23.7 Å². The average Bonchev–Trinajstić information content (AvgIpc) is 2.64. The fourth-order valence-corrected chi connectivity index (χ4v) is 1.64. The van der Waals surface area contributed by atoms with E-state index >= 15 is 0 Å². The van der Waals surface area contributed by atoms with Crippen LogP contribution in [0.1, 0.15) is 15.9 Å². The summed E-state index contributed by atoms with van der Waals surface area (Å²) in [7, 11) is 0. The van der Waals surface area contributed by atoms with E-state index in [-0.39, 0.29) is 12.3 Å². The number of nitrogens with zero attached hydrogens (tertiary/aromatic N) is 2. The van der Waals surface area contributed by atoms with E-state index in [4.69, 9.17) is 11.6 Å². The zero-order chi connectivity index (χ0) is 11.5. The first-order valence-electron chi connectivity index (χ1n) is 4.93. The lowest BCUT2D eigenvalue weighted by molar-refractivity contribution is 0.0967. The number of hydrogen-bond acceptors (Lipinski definition) is 2. The van der Waals surface area contributed by atoms with E-state index < -0.39 is 0 Å². The second kappa shape index (κ2) is 4.49. The van der Waals surface area contributed by atoms with Gasteiger partial charge < -0.3 is 0 Å². The van der Waals surface area contributed by atoms with Crippen LogP contribution in [0.3, 0.4) is 0 Å². The predicted octanol–water partition coefficient (Wildman–Crippen LogP) is 2.73. The molecule has 0 aliphatic carbocycles. The lowest BCUT2D eigenvalue weighted by Gasteiger charge is -2.01. The van der Waals surface area contributed by atoms with E-state index in [9.17, 15) is 4.79 Å². The highest BCUT2D eigenvalue weighted by Crippen LogP contribution is 2.11. The normalized spacial score (nSPS) is 10.4. The Bertz CT molecular complexity index is 519. The fraction of sp³-hybridized carbons (Fsp3) is 0.167. The summed E-state index contributed by atoms with van der Waals surface area (Å²) in [5.74, 6) is 0.00519. The van der Waals surface area contributed by atoms with Crippen molar-refractivity contribution in [2.75, 3.05) is 0 Å². The Morgan fingerprint density at radius 2 is 2.31 bits per heavy atom. The van der Waals surface area contributed by atoms with Crippen molar-refractivity contribution < 1.29 is 4.79 Å². The molecule has 0 aliphatic heterocycles. The number of Topliss-reactive ketones (excluding diaryl/α,β-unsaturated/α-hetero) is 1. The van der Waals surface area contributed by atoms with Crippen LogP contribution in [0.15, 0.2) is 36.7 Å². The topological polar surface area (TPSA) is 34.9 Å². The number of aryl methyl sites for hydroxylation is 1. The number of hydrogen-bond donors (Lipinski definition) is 0. The van der Waals surface area contributed by atoms with Gasteiger partial charge in [-0.05, 0) is 24.6 Å². The van der Waals surface area contributed by atoms with Gasteiger partial charge in [-0.15, -0.1) is 0 Å². The third-order valence-electron chi connectivity index (χ3n) is 2.21. The molecule has 0 unspecified atom stereocenters. The quantitative estimate of drug-likeness (QED) is 0.766. The zero-order valence-electron chi connectivity index (χ0n) is 8.85. The first kappa shape index (κ1) is 10.9. The molecular formula is C12H11ClN2O. The Hall–Kier alpha value is -1.61. The Balaban J connectivity index is 2.14. The number of aromatic nitrogens is 2. The first-order valence-corrected chi connectivity index (χ1v) is 5.31. The maximum atomic E-state index is 11.9. The minimum atomic E-state index is 0.00519. The van der Waals surface area contributed by atoms with Gasteiger partial charge in [-0.3, -0.25) is 9.48 Å². The van der Waals surface area contributed by atoms with Crippen LogP contribution >= 0.6 is 11.6 Å². The average molecular weight is 235 g/mol. The van der Waals surface area contributed by atoms with Crippen molar-refractivity contribution in [1.82, 2.24) is 9.78 Å². The van der Waals surface area contributed by atoms with Gasteiger partial charge in [0.25, 0.3) is 0 Å². The molecule has 2 aromatic rings. The molecule has 0 radical (unpaired) electrons. The largest absolute Gasteiger partial charge is 0.292 e. The minimum absolute atomic E-state index is 0.00519. The molecule has 4 heteroatoms. The lowest BCUT2D eigenvalue weighted by atomic mass is 10.1. The van der Waals surface area contributed by atoms with E-state index in [2.05, 4.69) is 5.10 Å². The molecule has 0 saturated carbocycles. The van der Waals surface area contributed by atoms with Crippen molar-refractivity contribution in [2.45, 2.75) is 13.5 Å². The number of benzene rings is 1. The molecule has 0 amide bonds. The van der Waals surface area contributed by atoms with E-state index in [1.807, 2.05) is 13.1 Å². The molecule has 16 heavy (non-hydrogen) atoms. The van der Waals surface area contributed by atoms with E-state index in [0.29, 0.717) is 10.6 Å². The van der Waals surface area contributed by atoms with Gasteiger partial charge in [0, 0.05) is 16.8 Å². The highest BCUT2D eigenvalue weighted by Gasteiger charge is 2.07. The van der Waals surface area contributed by atoms with Crippen molar-refractivity contribution in [3.8, 4) is 0 Å². The van der Waals surface area contributed by atoms with E-state index in [0.717, 1.165) is 5.56 Å². The first-order chi connectivity index (χ1) is 7.65. The van der Waals surface area contributed by atoms with Gasteiger partial charge in [0.1, 0.15) is 6.54 Å². The van der Waals surface area contributed by atoms with Gasteiger partial charge in [0.05, 0.1) is 6.20 Å². The summed E-state index contributed by atoms with van der Waals surface area (Å²) in [5.41, 5.74) is 1.65. The molecule has 0 spiro atoms. The van der Waals surface area contributed by atoms with Gasteiger partial charge >= 0.3 is 0 Å². The van der Waals surface area contributed by atoms with Crippen LogP contribution in [0.4, 0.5) is 0 Å². The van der Waals surface area contributed by atoms with Crippen molar-refractivity contribution in [1.29, 1.82) is 0 Å². The molecule has 0 atom stereocenters. The highest BCUT2D eigenvalue weighted by molar-refractivity contribution is 6.31. The van der Waals surface area contributed by atoms with Crippen LogP contribution in [0, 0.1) is 6.92 Å². The van der Waals surface area contributed by atoms with Crippen LogP contribution in [0.2, 0.25) is 5.02 Å². The third-order valence-corrected chi connectivity index (χ3v) is 2.45. The fourth-order valence-electron chi connectivity index (χ4n) is 1.45. The molecule has 1 aromatic heterocycles. The molecular weight excluding hydrogens is 224 g/mol. The Morgan fingerprint density at radius 3 is 2.94 bits per heavy atom. The number of carbonyl (C=O) groups excluding carboxylic acids is 1. The van der Waals surface area contributed by atoms with Gasteiger partial charge in [-0.25, -0.2) is 0 Å². The number of rotatable bonds is 3. The van der Waals surface area contributed by atoms with Gasteiger partial charge in [-0.2, -0.15) is 5.10 Å². The molecule has 0 aliphatic rings. The summed E-state index contributed by atoms with van der Waals surface area (Å²) in [5, 5.41) is 4.64. The summed E-state index contributed by atoms with van der Waals surface area (Å²) in [6.07, 6.45) is 3.56. The maximum absolute atomic E-state index is 11.9. The second-order valence-corrected chi connectivity index (χ2v) is 4.09. The molecule has 82 valence electrons. The zero-order valence-corrected chi connectivity index (χ0v) is 9.61. The molecule has 2 rings (SSSR count). The highest BCUT2D eigenvalue weighted by atomic mass is 35.5. The molecule has 0 bridgehead atoms. The minimum Gasteiger partial charge on any atom is -0.292 e. The van der Waals surface area contributed by atoms with E-state index in [1.165, 1.54) is 0 Å². The second-order valence-electron chi connectivity index (χ2n) is 3.65. The van der Waals surface area contributed by atoms with Crippen LogP contribution < -0.4 is 0 Å². The van der Waals surface area contributed by atoms with Crippen molar-refractivity contribution in [3.63, 3.8) is 0 Å². The Kier molecular flexibility index (Phi) is 3.06. The molecule has 1 aromatic carbocycles. The van der Waals surface area contributed by atoms with Crippen molar-refractivity contribution in [2.24, 2.45) is 0 Å². The van der Waals surface area contributed by atoms with Crippen LogP contribution in [0.25, 0.3) is 0 Å². The molecule has 0 saturated heterocycles. The Labute approximate surface area is 98.7 Å². The summed E-state index contributed by atoms with van der Waals surface area (Å²) in [4.78, 5) is 11.9. The van der Waals surface area contributed by atoms with E-state index in [1.54, 1.807) is 35.1 Å². The van der Waals surface area contributed by atoms with Crippen molar-refractivity contribution >= 4 is 17.4 Å². The number of ketones is 1. The molecule has 1 heterocycles. The van der Waals surface area contributed by atoms with Crippen LogP contribution in [-0.4, -0.2) is 15.6 Å². The third kappa shape index (κ3) is 2.49. The summed E-state index contributed by atoms with van der Waals surface area (Å²) in [6, 6.07) is 6.94. The van der Waals surface area contributed by atoms with Crippen molar-refractivity contribution in [3.05, 3.63) is 52.8 Å². The number of carbonyl (C=O) groups is 1. The number of halogens is 1. The predicted molar refractivity (Wildman–Crippen MR) is 62.7 cm³/mol. The SMILES string of the molecule is Cc1cnn(CC(=O)c2cccc(Cl)c2)c1. The standard InChI is InChI=1S/C12H11ClN2O/c1-9-6-14-15(7-9)8-12(16)10-3-2-4-11(13)5-10/h2-7H,8H2,1H3. The summed E-state index contributed by atoms with van der Waals surface area (Å²) >= 11 is 5.82. The van der Waals surface area contributed by atoms with Crippen LogP contribution in [-0.2, 0) is 6.54 Å². The van der Waals surface area contributed by atoms with Gasteiger partial charge in [0.2, 0.25) is 0 Å².